The Morgan fingerprint density at radius 2 is 1.10 bits per heavy atom. The second-order valence-electron chi connectivity index (χ2n) is 8.76. The summed E-state index contributed by atoms with van der Waals surface area (Å²) in [6.45, 7) is -2.24. The van der Waals surface area contributed by atoms with Crippen molar-refractivity contribution in [1.29, 1.82) is 0 Å². The summed E-state index contributed by atoms with van der Waals surface area (Å²) >= 11 is 0. The van der Waals surface area contributed by atoms with Crippen LogP contribution in [0.2, 0.25) is 0 Å². The van der Waals surface area contributed by atoms with E-state index in [4.69, 9.17) is 5.11 Å². The Labute approximate surface area is 211 Å². The van der Waals surface area contributed by atoms with Crippen molar-refractivity contribution in [1.82, 2.24) is 4.31 Å². The fourth-order valence-corrected chi connectivity index (χ4v) is 4.40. The number of halogens is 15. The molecule has 0 atom stereocenters. The second kappa shape index (κ2) is 10.9. The Balaban J connectivity index is 6.40. The van der Waals surface area contributed by atoms with E-state index < -0.39 is 87.3 Å². The van der Waals surface area contributed by atoms with E-state index >= 15 is 0 Å². The topological polar surface area (TPSA) is 74.7 Å². The van der Waals surface area contributed by atoms with Gasteiger partial charge in [0.15, 0.2) is 0 Å². The Morgan fingerprint density at radius 1 is 0.718 bits per heavy atom. The minimum absolute atomic E-state index is 0.138. The number of hydrogen-bond acceptors (Lipinski definition) is 3. The number of sulfonamides is 1. The van der Waals surface area contributed by atoms with Crippen molar-refractivity contribution < 1.29 is 88.7 Å². The van der Waals surface area contributed by atoms with Crippen LogP contribution in [-0.4, -0.2) is 110 Å². The van der Waals surface area contributed by atoms with Crippen LogP contribution in [0.5, 0.6) is 0 Å². The normalized spacial score (nSPS) is 15.7. The van der Waals surface area contributed by atoms with Gasteiger partial charge < -0.3 is 9.59 Å². The first kappa shape index (κ1) is 37.3. The van der Waals surface area contributed by atoms with E-state index in [0.717, 1.165) is 0 Å². The molecule has 0 saturated carbocycles. The molecule has 0 rings (SSSR count). The number of nitrogens with zero attached hydrogens (tertiary/aromatic N) is 2. The number of carboxylic acids is 1. The first-order chi connectivity index (χ1) is 16.8. The van der Waals surface area contributed by atoms with Gasteiger partial charge in [0.2, 0.25) is 0 Å². The maximum atomic E-state index is 14.3. The fraction of sp³-hybridized carbons (Fsp3) is 0.941. The van der Waals surface area contributed by atoms with E-state index in [0.29, 0.717) is 6.92 Å². The molecule has 0 heterocycles. The number of quaternary nitrogens is 1. The number of aliphatic carboxylic acids is 1. The number of rotatable bonds is 15. The zero-order valence-corrected chi connectivity index (χ0v) is 20.7. The van der Waals surface area contributed by atoms with Gasteiger partial charge in [-0.05, 0) is 0 Å². The molecular formula is C17H22F15N2O4S+. The van der Waals surface area contributed by atoms with Gasteiger partial charge in [-0.25, -0.2) is 8.42 Å². The largest absolute Gasteiger partial charge is 0.481 e. The van der Waals surface area contributed by atoms with Gasteiger partial charge in [-0.15, -0.1) is 0 Å². The third-order valence-corrected chi connectivity index (χ3v) is 7.44. The van der Waals surface area contributed by atoms with Crippen molar-refractivity contribution in [3.63, 3.8) is 0 Å². The summed E-state index contributed by atoms with van der Waals surface area (Å²) in [7, 11) is -4.54. The highest BCUT2D eigenvalue weighted by atomic mass is 32.2. The average molecular weight is 635 g/mol. The van der Waals surface area contributed by atoms with Gasteiger partial charge in [0.25, 0.3) is 10.0 Å². The first-order valence-electron chi connectivity index (χ1n) is 10.2. The Morgan fingerprint density at radius 3 is 1.46 bits per heavy atom. The van der Waals surface area contributed by atoms with E-state index in [9.17, 15) is 79.1 Å². The maximum absolute atomic E-state index is 14.3. The molecule has 0 amide bonds. The second-order valence-corrected chi connectivity index (χ2v) is 10.7. The van der Waals surface area contributed by atoms with Crippen molar-refractivity contribution in [3.05, 3.63) is 0 Å². The molecule has 234 valence electrons. The van der Waals surface area contributed by atoms with Gasteiger partial charge >= 0.3 is 47.0 Å². The fourth-order valence-electron chi connectivity index (χ4n) is 2.91. The van der Waals surface area contributed by atoms with Crippen molar-refractivity contribution in [2.24, 2.45) is 0 Å². The Bertz CT molecular complexity index is 981. The smallest absolute Gasteiger partial charge is 0.460 e. The molecule has 0 aromatic rings. The van der Waals surface area contributed by atoms with Gasteiger partial charge in [0.05, 0.1) is 33.6 Å². The lowest BCUT2D eigenvalue weighted by atomic mass is 9.94. The Hall–Kier alpha value is -1.71. The molecule has 0 aliphatic carbocycles. The zero-order valence-electron chi connectivity index (χ0n) is 19.9. The zero-order chi connectivity index (χ0) is 31.9. The van der Waals surface area contributed by atoms with Gasteiger partial charge in [0, 0.05) is 19.5 Å². The molecule has 0 aliphatic heterocycles. The van der Waals surface area contributed by atoms with Crippen LogP contribution in [0, 0.1) is 0 Å². The molecule has 0 aliphatic rings. The molecule has 22 heteroatoms. The number of alkyl halides is 15. The van der Waals surface area contributed by atoms with Crippen LogP contribution in [-0.2, 0) is 14.8 Å². The van der Waals surface area contributed by atoms with Crippen LogP contribution in [0.4, 0.5) is 65.9 Å². The van der Waals surface area contributed by atoms with E-state index in [1.54, 1.807) is 0 Å². The lowest BCUT2D eigenvalue weighted by Crippen LogP contribution is -2.73. The quantitative estimate of drug-likeness (QED) is 0.205. The van der Waals surface area contributed by atoms with Gasteiger partial charge in [-0.3, -0.25) is 4.79 Å². The lowest BCUT2D eigenvalue weighted by Gasteiger charge is -2.41. The molecule has 39 heavy (non-hydrogen) atoms. The molecule has 0 aromatic heterocycles. The van der Waals surface area contributed by atoms with E-state index in [1.165, 1.54) is 14.1 Å². The third-order valence-electron chi connectivity index (χ3n) is 5.42. The van der Waals surface area contributed by atoms with Crippen LogP contribution in [0.25, 0.3) is 0 Å². The van der Waals surface area contributed by atoms with Crippen LogP contribution in [0.3, 0.4) is 0 Å². The monoisotopic (exact) mass is 635 g/mol. The van der Waals surface area contributed by atoms with Gasteiger partial charge in [-0.2, -0.15) is 70.2 Å². The van der Waals surface area contributed by atoms with Crippen molar-refractivity contribution in [2.75, 3.05) is 40.3 Å². The summed E-state index contributed by atoms with van der Waals surface area (Å²) < 4.78 is 224. The van der Waals surface area contributed by atoms with Crippen molar-refractivity contribution in [3.8, 4) is 0 Å². The van der Waals surface area contributed by atoms with Gasteiger partial charge in [0.1, 0.15) is 0 Å². The summed E-state index contributed by atoms with van der Waals surface area (Å²) in [6, 6.07) is 0. The Kier molecular flexibility index (Phi) is 10.5. The third kappa shape index (κ3) is 6.30. The molecule has 0 saturated heterocycles. The minimum atomic E-state index is -8.59. The molecule has 0 unspecified atom stereocenters. The van der Waals surface area contributed by atoms with Crippen LogP contribution >= 0.6 is 0 Å². The predicted octanol–water partition coefficient (Wildman–Crippen LogP) is 4.91. The number of carbonyl (C=O) groups is 1. The number of hydrogen-bond donors (Lipinski definition) is 1. The summed E-state index contributed by atoms with van der Waals surface area (Å²) in [5.74, 6) is -43.2. The molecule has 0 fully saturated rings. The summed E-state index contributed by atoms with van der Waals surface area (Å²) in [5.41, 5.74) is 0. The lowest BCUT2D eigenvalue weighted by molar-refractivity contribution is -0.889. The predicted molar refractivity (Wildman–Crippen MR) is 101 cm³/mol. The van der Waals surface area contributed by atoms with Crippen LogP contribution in [0.15, 0.2) is 0 Å². The highest BCUT2D eigenvalue weighted by Gasteiger charge is 2.94. The number of carboxylic acid groups (broad SMARTS) is 1. The molecular weight excluding hydrogens is 613 g/mol. The minimum Gasteiger partial charge on any atom is -0.481 e. The standard InChI is InChI=1S/C17H21F15N2O4S/c1-4-33(7-5-8-34(2,3)9-6-10(35)36)39(37,38)17(31,32)15(26,27)13(22,23)11(18,19)12(20,21)14(24,25)16(28,29)30/h4-9H2,1-3H3/p+1. The molecule has 0 bridgehead atoms. The molecule has 0 aromatic carbocycles. The van der Waals surface area contributed by atoms with Crippen molar-refractivity contribution in [2.45, 2.75) is 60.8 Å². The summed E-state index contributed by atoms with van der Waals surface area (Å²) in [6.07, 6.45) is -8.80. The SMILES string of the molecule is CCN(CCC[N+](C)(C)CCC(=O)O)S(=O)(=O)C(F)(F)C(F)(F)C(F)(F)C(F)(F)C(F)(F)C(F)(F)C(F)(F)F. The summed E-state index contributed by atoms with van der Waals surface area (Å²) in [4.78, 5) is 10.6. The maximum Gasteiger partial charge on any atom is 0.460 e. The van der Waals surface area contributed by atoms with E-state index in [-0.39, 0.29) is 17.6 Å². The average Bonchev–Trinajstić information content (AvgIpc) is 2.73. The molecule has 0 radical (unpaired) electrons. The highest BCUT2D eigenvalue weighted by Crippen LogP contribution is 2.63. The highest BCUT2D eigenvalue weighted by molar-refractivity contribution is 7.90. The van der Waals surface area contributed by atoms with Crippen LogP contribution < -0.4 is 0 Å². The van der Waals surface area contributed by atoms with E-state index in [2.05, 4.69) is 0 Å². The summed E-state index contributed by atoms with van der Waals surface area (Å²) in [5, 5.41) is 1.19. The molecule has 0 spiro atoms. The van der Waals surface area contributed by atoms with E-state index in [1.807, 2.05) is 0 Å². The molecule has 6 nitrogen and oxygen atoms in total. The van der Waals surface area contributed by atoms with Crippen molar-refractivity contribution >= 4 is 16.0 Å². The van der Waals surface area contributed by atoms with Crippen LogP contribution in [0.1, 0.15) is 19.8 Å². The molecule has 1 N–H and O–H groups in total. The van der Waals surface area contributed by atoms with Gasteiger partial charge in [-0.1, -0.05) is 6.92 Å². The first-order valence-corrected chi connectivity index (χ1v) is 11.6.